The van der Waals surface area contributed by atoms with E-state index in [1.165, 1.54) is 4.90 Å². The number of nitrogens with zero attached hydrogens (tertiary/aromatic N) is 1. The molecule has 21 heavy (non-hydrogen) atoms. The van der Waals surface area contributed by atoms with Crippen molar-refractivity contribution in [2.24, 2.45) is 0 Å². The number of carbonyl (C=O) groups is 1. The Hall–Kier alpha value is -1.08. The van der Waals surface area contributed by atoms with Crippen LogP contribution in [0.4, 0.5) is 0 Å². The molecule has 2 rings (SSSR count). The molecule has 0 bridgehead atoms. The fraction of sp³-hybridized carbons (Fsp3) is 0.500. The van der Waals surface area contributed by atoms with Gasteiger partial charge in [0.05, 0.1) is 16.0 Å². The number of rotatable bonds is 4. The monoisotopic (exact) mass is 375 g/mol. The molecule has 116 valence electrons. The summed E-state index contributed by atoms with van der Waals surface area (Å²) in [7, 11) is -1.37. The highest BCUT2D eigenvalue weighted by Gasteiger charge is 2.32. The lowest BCUT2D eigenvalue weighted by Crippen LogP contribution is -2.40. The predicted octanol–water partition coefficient (Wildman–Crippen LogP) is 1.78. The van der Waals surface area contributed by atoms with Crippen molar-refractivity contribution in [2.75, 3.05) is 25.2 Å². The SMILES string of the molecule is Cc1ccc(OCC(=O)N(C)[C@@H]2CCS(=O)(=O)C2)c(Br)c1. The summed E-state index contributed by atoms with van der Waals surface area (Å²) in [6.07, 6.45) is 0.499. The Balaban J connectivity index is 1.92. The van der Waals surface area contributed by atoms with Gasteiger partial charge < -0.3 is 9.64 Å². The van der Waals surface area contributed by atoms with Crippen molar-refractivity contribution in [2.45, 2.75) is 19.4 Å². The average molecular weight is 376 g/mol. The van der Waals surface area contributed by atoms with Gasteiger partial charge in [0.25, 0.3) is 5.91 Å². The number of ether oxygens (including phenoxy) is 1. The standard InChI is InChI=1S/C14H18BrNO4S/c1-10-3-4-13(12(15)7-10)20-8-14(17)16(2)11-5-6-21(18,19)9-11/h3-4,7,11H,5-6,8-9H2,1-2H3/t11-/m1/s1. The molecule has 0 aromatic heterocycles. The number of hydrogen-bond donors (Lipinski definition) is 0. The van der Waals surface area contributed by atoms with Crippen molar-refractivity contribution in [3.63, 3.8) is 0 Å². The van der Waals surface area contributed by atoms with Crippen LogP contribution in [0.25, 0.3) is 0 Å². The molecule has 0 N–H and O–H groups in total. The van der Waals surface area contributed by atoms with E-state index in [1.807, 2.05) is 19.1 Å². The predicted molar refractivity (Wildman–Crippen MR) is 84.2 cm³/mol. The average Bonchev–Trinajstić information content (AvgIpc) is 2.77. The molecule has 1 fully saturated rings. The summed E-state index contributed by atoms with van der Waals surface area (Å²) in [6.45, 7) is 1.86. The van der Waals surface area contributed by atoms with Crippen LogP contribution in [0, 0.1) is 6.92 Å². The van der Waals surface area contributed by atoms with Gasteiger partial charge in [-0.1, -0.05) is 6.07 Å². The van der Waals surface area contributed by atoms with Crippen LogP contribution in [0.15, 0.2) is 22.7 Å². The largest absolute Gasteiger partial charge is 0.483 e. The number of sulfone groups is 1. The Morgan fingerprint density at radius 1 is 1.48 bits per heavy atom. The smallest absolute Gasteiger partial charge is 0.260 e. The first-order valence-electron chi connectivity index (χ1n) is 6.63. The molecule has 1 amide bonds. The molecule has 5 nitrogen and oxygen atoms in total. The maximum atomic E-state index is 12.1. The van der Waals surface area contributed by atoms with Crippen molar-refractivity contribution >= 4 is 31.7 Å². The molecule has 1 atom stereocenters. The second-order valence-electron chi connectivity index (χ2n) is 5.28. The lowest BCUT2D eigenvalue weighted by molar-refractivity contribution is -0.133. The molecule has 1 aromatic rings. The van der Waals surface area contributed by atoms with E-state index in [0.717, 1.165) is 10.0 Å². The van der Waals surface area contributed by atoms with Crippen LogP contribution in [0.2, 0.25) is 0 Å². The van der Waals surface area contributed by atoms with Gasteiger partial charge in [-0.15, -0.1) is 0 Å². The second kappa shape index (κ2) is 6.36. The number of carbonyl (C=O) groups excluding carboxylic acids is 1. The van der Waals surface area contributed by atoms with Gasteiger partial charge in [-0.3, -0.25) is 4.79 Å². The molecular weight excluding hydrogens is 358 g/mol. The minimum absolute atomic E-state index is 0.0451. The third kappa shape index (κ3) is 4.20. The number of benzene rings is 1. The van der Waals surface area contributed by atoms with Gasteiger partial charge in [0.1, 0.15) is 5.75 Å². The number of likely N-dealkylation sites (N-methyl/N-ethyl adjacent to an activating group) is 1. The Kier molecular flexibility index (Phi) is 4.93. The van der Waals surface area contributed by atoms with E-state index >= 15 is 0 Å². The fourth-order valence-corrected chi connectivity index (χ4v) is 4.63. The second-order valence-corrected chi connectivity index (χ2v) is 8.37. The number of amides is 1. The third-order valence-corrected chi connectivity index (χ3v) is 5.96. The minimum Gasteiger partial charge on any atom is -0.483 e. The van der Waals surface area contributed by atoms with E-state index in [9.17, 15) is 13.2 Å². The van der Waals surface area contributed by atoms with Crippen LogP contribution >= 0.6 is 15.9 Å². The van der Waals surface area contributed by atoms with Gasteiger partial charge in [-0.25, -0.2) is 8.42 Å². The van der Waals surface area contributed by atoms with Crippen LogP contribution in [-0.4, -0.2) is 50.4 Å². The summed E-state index contributed by atoms with van der Waals surface area (Å²) in [5, 5.41) is 0. The molecule has 0 saturated carbocycles. The Morgan fingerprint density at radius 2 is 2.19 bits per heavy atom. The molecule has 1 aliphatic rings. The zero-order valence-electron chi connectivity index (χ0n) is 12.0. The number of hydrogen-bond acceptors (Lipinski definition) is 4. The first-order chi connectivity index (χ1) is 9.78. The van der Waals surface area contributed by atoms with E-state index in [4.69, 9.17) is 4.74 Å². The highest BCUT2D eigenvalue weighted by atomic mass is 79.9. The van der Waals surface area contributed by atoms with Crippen LogP contribution in [0.3, 0.4) is 0 Å². The van der Waals surface area contributed by atoms with E-state index < -0.39 is 9.84 Å². The Morgan fingerprint density at radius 3 is 2.76 bits per heavy atom. The normalized spacial score (nSPS) is 20.2. The van der Waals surface area contributed by atoms with E-state index in [1.54, 1.807) is 13.1 Å². The fourth-order valence-electron chi connectivity index (χ4n) is 2.25. The lowest BCUT2D eigenvalue weighted by Gasteiger charge is -2.23. The summed E-state index contributed by atoms with van der Waals surface area (Å²) in [6, 6.07) is 5.37. The first kappa shape index (κ1) is 16.3. The van der Waals surface area contributed by atoms with E-state index in [2.05, 4.69) is 15.9 Å². The van der Waals surface area contributed by atoms with Crippen LogP contribution in [-0.2, 0) is 14.6 Å². The van der Waals surface area contributed by atoms with Crippen LogP contribution in [0.5, 0.6) is 5.75 Å². The quantitative estimate of drug-likeness (QED) is 0.804. The third-order valence-electron chi connectivity index (χ3n) is 3.59. The van der Waals surface area contributed by atoms with Crippen molar-refractivity contribution in [1.29, 1.82) is 0 Å². The van der Waals surface area contributed by atoms with Crippen molar-refractivity contribution < 1.29 is 17.9 Å². The van der Waals surface area contributed by atoms with Crippen molar-refractivity contribution in [1.82, 2.24) is 4.90 Å². The summed E-state index contributed by atoms with van der Waals surface area (Å²) >= 11 is 3.39. The molecule has 0 aliphatic carbocycles. The molecule has 7 heteroatoms. The topological polar surface area (TPSA) is 63.7 Å². The minimum atomic E-state index is -2.99. The van der Waals surface area contributed by atoms with Gasteiger partial charge >= 0.3 is 0 Å². The molecule has 1 aromatic carbocycles. The van der Waals surface area contributed by atoms with Gasteiger partial charge in [0.15, 0.2) is 16.4 Å². The van der Waals surface area contributed by atoms with Crippen molar-refractivity contribution in [3.05, 3.63) is 28.2 Å². The summed E-state index contributed by atoms with van der Waals surface area (Å²) in [4.78, 5) is 13.6. The van der Waals surface area contributed by atoms with E-state index in [0.29, 0.717) is 12.2 Å². The zero-order valence-corrected chi connectivity index (χ0v) is 14.4. The van der Waals surface area contributed by atoms with Crippen LogP contribution in [0.1, 0.15) is 12.0 Å². The van der Waals surface area contributed by atoms with E-state index in [-0.39, 0.29) is 30.1 Å². The molecular formula is C14H18BrNO4S. The maximum absolute atomic E-state index is 12.1. The molecule has 1 heterocycles. The molecule has 1 aliphatic heterocycles. The summed E-state index contributed by atoms with van der Waals surface area (Å²) in [5.41, 5.74) is 1.09. The molecule has 0 spiro atoms. The zero-order chi connectivity index (χ0) is 15.6. The number of halogens is 1. The maximum Gasteiger partial charge on any atom is 0.260 e. The Bertz CT molecular complexity index is 644. The van der Waals surface area contributed by atoms with Crippen LogP contribution < -0.4 is 4.74 Å². The highest BCUT2D eigenvalue weighted by Crippen LogP contribution is 2.26. The van der Waals surface area contributed by atoms with Gasteiger partial charge in [-0.2, -0.15) is 0 Å². The highest BCUT2D eigenvalue weighted by molar-refractivity contribution is 9.10. The summed E-state index contributed by atoms with van der Waals surface area (Å²) in [5.74, 6) is 0.578. The van der Waals surface area contributed by atoms with Gasteiger partial charge in [0, 0.05) is 13.1 Å². The molecule has 1 saturated heterocycles. The molecule has 0 unspecified atom stereocenters. The first-order valence-corrected chi connectivity index (χ1v) is 9.25. The lowest BCUT2D eigenvalue weighted by atomic mass is 10.2. The van der Waals surface area contributed by atoms with Gasteiger partial charge in [0.2, 0.25) is 0 Å². The Labute approximate surface area is 133 Å². The van der Waals surface area contributed by atoms with Gasteiger partial charge in [-0.05, 0) is 47.0 Å². The van der Waals surface area contributed by atoms with Crippen molar-refractivity contribution in [3.8, 4) is 5.75 Å². The number of aryl methyl sites for hydroxylation is 1. The molecule has 0 radical (unpaired) electrons. The summed E-state index contributed by atoms with van der Waals surface area (Å²) < 4.78 is 29.2.